The molecule has 1 N–H and O–H groups in total. The van der Waals surface area contributed by atoms with Gasteiger partial charge in [-0.2, -0.15) is 0 Å². The monoisotopic (exact) mass is 277 g/mol. The number of aromatic nitrogens is 2. The minimum absolute atomic E-state index is 0.297. The summed E-state index contributed by atoms with van der Waals surface area (Å²) in [6.45, 7) is 1.99. The molecular formula is C13H15N3O2S. The maximum absolute atomic E-state index is 11.8. The summed E-state index contributed by atoms with van der Waals surface area (Å²) in [7, 11) is 1.40. The molecular weight excluding hydrogens is 262 g/mol. The number of ether oxygens (including phenoxy) is 1. The Labute approximate surface area is 115 Å². The van der Waals surface area contributed by atoms with Gasteiger partial charge in [-0.1, -0.05) is 0 Å². The second-order valence-electron chi connectivity index (χ2n) is 4.50. The van der Waals surface area contributed by atoms with E-state index in [4.69, 9.17) is 4.74 Å². The number of thiophene rings is 1. The van der Waals surface area contributed by atoms with Crippen molar-refractivity contribution in [2.24, 2.45) is 0 Å². The van der Waals surface area contributed by atoms with Crippen molar-refractivity contribution in [1.29, 1.82) is 0 Å². The highest BCUT2D eigenvalue weighted by molar-refractivity contribution is 7.12. The number of rotatable bonds is 3. The number of hydrogen-bond acceptors (Lipinski definition) is 5. The largest absolute Gasteiger partial charge is 0.465 e. The van der Waals surface area contributed by atoms with Crippen LogP contribution in [-0.4, -0.2) is 35.7 Å². The van der Waals surface area contributed by atoms with E-state index in [-0.39, 0.29) is 5.97 Å². The Kier molecular flexibility index (Phi) is 3.35. The van der Waals surface area contributed by atoms with Crippen LogP contribution in [0.2, 0.25) is 0 Å². The van der Waals surface area contributed by atoms with Crippen LogP contribution in [0.1, 0.15) is 27.7 Å². The molecule has 1 aliphatic rings. The van der Waals surface area contributed by atoms with Crippen LogP contribution >= 0.6 is 11.3 Å². The highest BCUT2D eigenvalue weighted by Gasteiger charge is 2.23. The van der Waals surface area contributed by atoms with Gasteiger partial charge in [-0.05, 0) is 24.4 Å². The van der Waals surface area contributed by atoms with Crippen LogP contribution < -0.4 is 5.32 Å². The van der Waals surface area contributed by atoms with Gasteiger partial charge < -0.3 is 14.6 Å². The van der Waals surface area contributed by atoms with Gasteiger partial charge in [-0.15, -0.1) is 11.3 Å². The lowest BCUT2D eigenvalue weighted by atomic mass is 10.1. The second-order valence-corrected chi connectivity index (χ2v) is 5.42. The molecule has 0 bridgehead atoms. The van der Waals surface area contributed by atoms with Gasteiger partial charge in [0.2, 0.25) is 0 Å². The number of carbonyl (C=O) groups excluding carboxylic acids is 1. The zero-order valence-electron chi connectivity index (χ0n) is 10.6. The molecule has 1 fully saturated rings. The highest BCUT2D eigenvalue weighted by Crippen LogP contribution is 2.28. The van der Waals surface area contributed by atoms with Crippen molar-refractivity contribution >= 4 is 17.3 Å². The third-order valence-electron chi connectivity index (χ3n) is 3.42. The SMILES string of the molecule is COC(=O)c1sccc1-n1cncc1C1CCNC1. The molecule has 0 radical (unpaired) electrons. The second kappa shape index (κ2) is 5.14. The summed E-state index contributed by atoms with van der Waals surface area (Å²) < 4.78 is 6.82. The van der Waals surface area contributed by atoms with Gasteiger partial charge in [0, 0.05) is 24.4 Å². The molecule has 0 amide bonds. The standard InChI is InChI=1S/C13H15N3O2S/c1-18-13(17)12-10(3-5-19-12)16-8-15-7-11(16)9-2-4-14-6-9/h3,5,7-9,14H,2,4,6H2,1H3. The number of methoxy groups -OCH3 is 1. The molecule has 1 atom stereocenters. The maximum Gasteiger partial charge on any atom is 0.350 e. The van der Waals surface area contributed by atoms with E-state index in [0.717, 1.165) is 30.9 Å². The van der Waals surface area contributed by atoms with Crippen molar-refractivity contribution in [3.63, 3.8) is 0 Å². The fourth-order valence-electron chi connectivity index (χ4n) is 2.45. The van der Waals surface area contributed by atoms with E-state index >= 15 is 0 Å². The summed E-state index contributed by atoms with van der Waals surface area (Å²) in [6, 6.07) is 1.94. The molecule has 2 aromatic heterocycles. The van der Waals surface area contributed by atoms with Gasteiger partial charge in [0.05, 0.1) is 19.1 Å². The molecule has 6 heteroatoms. The van der Waals surface area contributed by atoms with Crippen molar-refractivity contribution in [3.05, 3.63) is 34.5 Å². The Morgan fingerprint density at radius 2 is 2.53 bits per heavy atom. The zero-order valence-corrected chi connectivity index (χ0v) is 11.4. The fraction of sp³-hybridized carbons (Fsp3) is 0.385. The summed E-state index contributed by atoms with van der Waals surface area (Å²) >= 11 is 1.39. The van der Waals surface area contributed by atoms with Gasteiger partial charge in [0.25, 0.3) is 0 Å². The Hall–Kier alpha value is -1.66. The number of carbonyl (C=O) groups is 1. The molecule has 0 aliphatic carbocycles. The third kappa shape index (κ3) is 2.17. The van der Waals surface area contributed by atoms with Gasteiger partial charge in [-0.3, -0.25) is 0 Å². The van der Waals surface area contributed by atoms with E-state index in [1.54, 1.807) is 6.33 Å². The molecule has 1 unspecified atom stereocenters. The van der Waals surface area contributed by atoms with Crippen LogP contribution in [0, 0.1) is 0 Å². The lowest BCUT2D eigenvalue weighted by Crippen LogP contribution is -2.12. The molecule has 5 nitrogen and oxygen atoms in total. The molecule has 1 aliphatic heterocycles. The van der Waals surface area contributed by atoms with Crippen LogP contribution in [0.25, 0.3) is 5.69 Å². The number of hydrogen-bond donors (Lipinski definition) is 1. The lowest BCUT2D eigenvalue weighted by molar-refractivity contribution is 0.0606. The van der Waals surface area contributed by atoms with E-state index in [2.05, 4.69) is 10.3 Å². The van der Waals surface area contributed by atoms with E-state index in [0.29, 0.717) is 10.8 Å². The molecule has 0 spiro atoms. The van der Waals surface area contributed by atoms with E-state index in [1.165, 1.54) is 18.4 Å². The quantitative estimate of drug-likeness (QED) is 0.869. The van der Waals surface area contributed by atoms with Gasteiger partial charge in [0.1, 0.15) is 4.88 Å². The molecule has 3 rings (SSSR count). The van der Waals surface area contributed by atoms with Crippen molar-refractivity contribution in [2.45, 2.75) is 12.3 Å². The van der Waals surface area contributed by atoms with E-state index < -0.39 is 0 Å². The van der Waals surface area contributed by atoms with E-state index in [1.807, 2.05) is 22.2 Å². The summed E-state index contributed by atoms with van der Waals surface area (Å²) in [5.41, 5.74) is 2.00. The van der Waals surface area contributed by atoms with Crippen molar-refractivity contribution in [3.8, 4) is 5.69 Å². The zero-order chi connectivity index (χ0) is 13.2. The fourth-order valence-corrected chi connectivity index (χ4v) is 3.25. The topological polar surface area (TPSA) is 56.2 Å². The number of nitrogens with one attached hydrogen (secondary N) is 1. The Morgan fingerprint density at radius 1 is 1.63 bits per heavy atom. The first-order valence-corrected chi connectivity index (χ1v) is 7.08. The summed E-state index contributed by atoms with van der Waals surface area (Å²) in [6.07, 6.45) is 4.75. The van der Waals surface area contributed by atoms with Gasteiger partial charge >= 0.3 is 5.97 Å². The number of imidazole rings is 1. The van der Waals surface area contributed by atoms with Crippen molar-refractivity contribution < 1.29 is 9.53 Å². The normalized spacial score (nSPS) is 18.7. The molecule has 100 valence electrons. The summed E-state index contributed by atoms with van der Waals surface area (Å²) in [5, 5.41) is 5.25. The van der Waals surface area contributed by atoms with Crippen LogP contribution in [-0.2, 0) is 4.74 Å². The smallest absolute Gasteiger partial charge is 0.350 e. The third-order valence-corrected chi connectivity index (χ3v) is 4.30. The first-order valence-electron chi connectivity index (χ1n) is 6.20. The molecule has 2 aromatic rings. The Balaban J connectivity index is 2.01. The minimum atomic E-state index is -0.297. The van der Waals surface area contributed by atoms with Crippen LogP contribution in [0.5, 0.6) is 0 Å². The van der Waals surface area contributed by atoms with Crippen LogP contribution in [0.3, 0.4) is 0 Å². The summed E-state index contributed by atoms with van der Waals surface area (Å²) in [5.74, 6) is 0.155. The first kappa shape index (κ1) is 12.4. The van der Waals surface area contributed by atoms with E-state index in [9.17, 15) is 4.79 Å². The Morgan fingerprint density at radius 3 is 3.26 bits per heavy atom. The molecule has 0 saturated carbocycles. The lowest BCUT2D eigenvalue weighted by Gasteiger charge is -2.12. The molecule has 0 aromatic carbocycles. The number of esters is 1. The summed E-state index contributed by atoms with van der Waals surface area (Å²) in [4.78, 5) is 16.6. The minimum Gasteiger partial charge on any atom is -0.465 e. The van der Waals surface area contributed by atoms with Crippen molar-refractivity contribution in [2.75, 3.05) is 20.2 Å². The predicted molar refractivity (Wildman–Crippen MR) is 73.0 cm³/mol. The maximum atomic E-state index is 11.8. The Bertz CT molecular complexity index is 584. The average Bonchev–Trinajstić information content (AvgIpc) is 3.14. The number of nitrogens with zero attached hydrogens (tertiary/aromatic N) is 2. The van der Waals surface area contributed by atoms with Crippen molar-refractivity contribution in [1.82, 2.24) is 14.9 Å². The van der Waals surface area contributed by atoms with Gasteiger partial charge in [0.15, 0.2) is 0 Å². The van der Waals surface area contributed by atoms with Crippen LogP contribution in [0.4, 0.5) is 0 Å². The average molecular weight is 277 g/mol. The molecule has 3 heterocycles. The van der Waals surface area contributed by atoms with Crippen LogP contribution in [0.15, 0.2) is 24.0 Å². The molecule has 19 heavy (non-hydrogen) atoms. The van der Waals surface area contributed by atoms with Gasteiger partial charge in [-0.25, -0.2) is 9.78 Å². The highest BCUT2D eigenvalue weighted by atomic mass is 32.1. The predicted octanol–water partition coefficient (Wildman–Crippen LogP) is 1.80. The molecule has 1 saturated heterocycles. The first-order chi connectivity index (χ1) is 9.31.